The SMILES string of the molecule is C[C@@H](NS(=O)(=O)Cc1ccccc1)c1cccc(N2CCCS2(=O)=O)c1. The number of benzene rings is 2. The Hall–Kier alpha value is -1.90. The molecule has 6 nitrogen and oxygen atoms in total. The van der Waals surface area contributed by atoms with Crippen molar-refractivity contribution < 1.29 is 16.8 Å². The van der Waals surface area contributed by atoms with Gasteiger partial charge in [-0.25, -0.2) is 21.6 Å². The molecule has 140 valence electrons. The van der Waals surface area contributed by atoms with Crippen LogP contribution in [0.1, 0.15) is 30.5 Å². The minimum atomic E-state index is -3.52. The number of hydrogen-bond donors (Lipinski definition) is 1. The zero-order valence-corrected chi connectivity index (χ0v) is 16.1. The van der Waals surface area contributed by atoms with Crippen molar-refractivity contribution in [3.63, 3.8) is 0 Å². The lowest BCUT2D eigenvalue weighted by Gasteiger charge is -2.20. The van der Waals surface area contributed by atoms with Crippen molar-refractivity contribution >= 4 is 25.7 Å². The van der Waals surface area contributed by atoms with E-state index in [1.807, 2.05) is 6.07 Å². The molecule has 1 saturated heterocycles. The van der Waals surface area contributed by atoms with Gasteiger partial charge in [0.15, 0.2) is 0 Å². The van der Waals surface area contributed by atoms with Crippen LogP contribution in [0.3, 0.4) is 0 Å². The fourth-order valence-electron chi connectivity index (χ4n) is 3.05. The molecule has 1 fully saturated rings. The molecule has 0 aromatic heterocycles. The predicted octanol–water partition coefficient (Wildman–Crippen LogP) is 2.41. The molecule has 1 atom stereocenters. The van der Waals surface area contributed by atoms with E-state index in [1.165, 1.54) is 4.31 Å². The highest BCUT2D eigenvalue weighted by atomic mass is 32.2. The Balaban J connectivity index is 1.76. The van der Waals surface area contributed by atoms with E-state index in [0.29, 0.717) is 24.2 Å². The molecular formula is C18H22N2O4S2. The highest BCUT2D eigenvalue weighted by molar-refractivity contribution is 7.93. The second-order valence-corrected chi connectivity index (χ2v) is 10.2. The Bertz CT molecular complexity index is 973. The second-order valence-electron chi connectivity index (χ2n) is 6.42. The Kier molecular flexibility index (Phi) is 5.36. The van der Waals surface area contributed by atoms with Gasteiger partial charge in [-0.2, -0.15) is 0 Å². The molecule has 8 heteroatoms. The largest absolute Gasteiger partial charge is 0.270 e. The maximum atomic E-state index is 12.4. The van der Waals surface area contributed by atoms with E-state index in [9.17, 15) is 16.8 Å². The molecule has 2 aromatic rings. The Labute approximate surface area is 155 Å². The van der Waals surface area contributed by atoms with Gasteiger partial charge in [-0.1, -0.05) is 42.5 Å². The van der Waals surface area contributed by atoms with Gasteiger partial charge in [0.25, 0.3) is 0 Å². The van der Waals surface area contributed by atoms with Crippen molar-refractivity contribution in [3.8, 4) is 0 Å². The average Bonchev–Trinajstić information content (AvgIpc) is 2.94. The third kappa shape index (κ3) is 4.44. The smallest absolute Gasteiger partial charge is 0.235 e. The molecule has 0 amide bonds. The normalized spacial score (nSPS) is 18.0. The van der Waals surface area contributed by atoms with Crippen LogP contribution in [0.5, 0.6) is 0 Å². The van der Waals surface area contributed by atoms with Gasteiger partial charge in [0.2, 0.25) is 20.0 Å². The first-order chi connectivity index (χ1) is 12.3. The monoisotopic (exact) mass is 394 g/mol. The van der Waals surface area contributed by atoms with Gasteiger partial charge in [0, 0.05) is 12.6 Å². The quantitative estimate of drug-likeness (QED) is 0.815. The molecular weight excluding hydrogens is 372 g/mol. The van der Waals surface area contributed by atoms with E-state index in [4.69, 9.17) is 0 Å². The third-order valence-electron chi connectivity index (χ3n) is 4.31. The van der Waals surface area contributed by atoms with Crippen LogP contribution in [0.25, 0.3) is 0 Å². The lowest BCUT2D eigenvalue weighted by Crippen LogP contribution is -2.29. The molecule has 2 aromatic carbocycles. The molecule has 1 heterocycles. The van der Waals surface area contributed by atoms with E-state index >= 15 is 0 Å². The van der Waals surface area contributed by atoms with Gasteiger partial charge in [-0.05, 0) is 36.6 Å². The number of hydrogen-bond acceptors (Lipinski definition) is 4. The summed E-state index contributed by atoms with van der Waals surface area (Å²) in [4.78, 5) is 0. The summed E-state index contributed by atoms with van der Waals surface area (Å²) in [5.41, 5.74) is 2.01. The second kappa shape index (κ2) is 7.38. The third-order valence-corrected chi connectivity index (χ3v) is 7.61. The molecule has 1 aliphatic rings. The molecule has 1 N–H and O–H groups in total. The first-order valence-corrected chi connectivity index (χ1v) is 11.7. The van der Waals surface area contributed by atoms with E-state index in [2.05, 4.69) is 4.72 Å². The van der Waals surface area contributed by atoms with Crippen molar-refractivity contribution in [1.29, 1.82) is 0 Å². The molecule has 26 heavy (non-hydrogen) atoms. The number of rotatable bonds is 6. The maximum Gasteiger partial charge on any atom is 0.235 e. The first-order valence-electron chi connectivity index (χ1n) is 8.41. The van der Waals surface area contributed by atoms with Crippen molar-refractivity contribution in [2.75, 3.05) is 16.6 Å². The van der Waals surface area contributed by atoms with Gasteiger partial charge in [0.1, 0.15) is 0 Å². The lowest BCUT2D eigenvalue weighted by molar-refractivity contribution is 0.566. The van der Waals surface area contributed by atoms with Crippen LogP contribution in [0, 0.1) is 0 Å². The zero-order chi connectivity index (χ0) is 18.8. The standard InChI is InChI=1S/C18H22N2O4S2/c1-15(19-25(21,22)14-16-7-3-2-4-8-16)17-9-5-10-18(13-17)20-11-6-12-26(20,23)24/h2-5,7-10,13,15,19H,6,11-12,14H2,1H3/t15-/m1/s1. The molecule has 1 aliphatic heterocycles. The van der Waals surface area contributed by atoms with Crippen LogP contribution in [0.15, 0.2) is 54.6 Å². The fourth-order valence-corrected chi connectivity index (χ4v) is 6.00. The topological polar surface area (TPSA) is 83.6 Å². The Morgan fingerprint density at radius 1 is 1.12 bits per heavy atom. The first kappa shape index (κ1) is 18.9. The van der Waals surface area contributed by atoms with Crippen LogP contribution < -0.4 is 9.03 Å². The maximum absolute atomic E-state index is 12.4. The minimum absolute atomic E-state index is 0.0988. The predicted molar refractivity (Wildman–Crippen MR) is 103 cm³/mol. The summed E-state index contributed by atoms with van der Waals surface area (Å²) in [5, 5.41) is 0. The number of nitrogens with one attached hydrogen (secondary N) is 1. The molecule has 0 unspecified atom stereocenters. The summed E-state index contributed by atoms with van der Waals surface area (Å²) in [6.45, 7) is 2.21. The van der Waals surface area contributed by atoms with Crippen LogP contribution >= 0.6 is 0 Å². The minimum Gasteiger partial charge on any atom is -0.270 e. The molecule has 0 saturated carbocycles. The molecule has 0 spiro atoms. The highest BCUT2D eigenvalue weighted by Gasteiger charge is 2.28. The molecule has 0 radical (unpaired) electrons. The van der Waals surface area contributed by atoms with E-state index < -0.39 is 26.1 Å². The summed E-state index contributed by atoms with van der Waals surface area (Å²) in [6, 6.07) is 15.5. The molecule has 0 bridgehead atoms. The molecule has 3 rings (SSSR count). The number of nitrogens with zero attached hydrogens (tertiary/aromatic N) is 1. The zero-order valence-electron chi connectivity index (χ0n) is 14.5. The summed E-state index contributed by atoms with van der Waals surface area (Å²) < 4.78 is 53.1. The highest BCUT2D eigenvalue weighted by Crippen LogP contribution is 2.27. The van der Waals surface area contributed by atoms with E-state index in [1.54, 1.807) is 55.5 Å². The van der Waals surface area contributed by atoms with Crippen molar-refractivity contribution in [3.05, 3.63) is 65.7 Å². The van der Waals surface area contributed by atoms with Crippen molar-refractivity contribution in [2.45, 2.75) is 25.1 Å². The van der Waals surface area contributed by atoms with Gasteiger partial charge >= 0.3 is 0 Å². The van der Waals surface area contributed by atoms with Crippen LogP contribution in [0.2, 0.25) is 0 Å². The van der Waals surface area contributed by atoms with Crippen molar-refractivity contribution in [1.82, 2.24) is 4.72 Å². The number of anilines is 1. The lowest BCUT2D eigenvalue weighted by atomic mass is 10.1. The van der Waals surface area contributed by atoms with E-state index in [-0.39, 0.29) is 11.5 Å². The Morgan fingerprint density at radius 2 is 1.85 bits per heavy atom. The Morgan fingerprint density at radius 3 is 2.50 bits per heavy atom. The van der Waals surface area contributed by atoms with Crippen LogP contribution in [-0.4, -0.2) is 29.1 Å². The van der Waals surface area contributed by atoms with Crippen LogP contribution in [0.4, 0.5) is 5.69 Å². The summed E-state index contributed by atoms with van der Waals surface area (Å²) in [5.74, 6) is 0.0505. The number of sulfonamides is 2. The van der Waals surface area contributed by atoms with Crippen molar-refractivity contribution in [2.24, 2.45) is 0 Å². The van der Waals surface area contributed by atoms with Gasteiger partial charge in [0.05, 0.1) is 17.2 Å². The van der Waals surface area contributed by atoms with Gasteiger partial charge in [-0.15, -0.1) is 0 Å². The van der Waals surface area contributed by atoms with Crippen LogP contribution in [-0.2, 0) is 25.8 Å². The van der Waals surface area contributed by atoms with Gasteiger partial charge in [-0.3, -0.25) is 4.31 Å². The van der Waals surface area contributed by atoms with Gasteiger partial charge < -0.3 is 0 Å². The fraction of sp³-hybridized carbons (Fsp3) is 0.333. The summed E-state index contributed by atoms with van der Waals surface area (Å²) in [6.07, 6.45) is 0.603. The average molecular weight is 395 g/mol. The summed E-state index contributed by atoms with van der Waals surface area (Å²) in [7, 11) is -6.78. The summed E-state index contributed by atoms with van der Waals surface area (Å²) >= 11 is 0. The van der Waals surface area contributed by atoms with E-state index in [0.717, 1.165) is 5.56 Å². The molecule has 0 aliphatic carbocycles.